The van der Waals surface area contributed by atoms with Crippen LogP contribution in [0, 0.1) is 0 Å². The first-order chi connectivity index (χ1) is 7.26. The van der Waals surface area contributed by atoms with Gasteiger partial charge in [-0.3, -0.25) is 4.98 Å². The quantitative estimate of drug-likeness (QED) is 0.667. The number of hydrogen-bond acceptors (Lipinski definition) is 4. The van der Waals surface area contributed by atoms with Gasteiger partial charge in [0.25, 0.3) is 0 Å². The molecule has 0 bridgehead atoms. The summed E-state index contributed by atoms with van der Waals surface area (Å²) in [5.74, 6) is 0. The number of rotatable bonds is 6. The van der Waals surface area contributed by atoms with E-state index in [0.29, 0.717) is 6.04 Å². The highest BCUT2D eigenvalue weighted by molar-refractivity contribution is 5.53. The Kier molecular flexibility index (Phi) is 4.90. The molecule has 0 aromatic carbocycles. The van der Waals surface area contributed by atoms with E-state index < -0.39 is 0 Å². The van der Waals surface area contributed by atoms with Crippen LogP contribution in [-0.4, -0.2) is 29.8 Å². The molecule has 0 radical (unpaired) electrons. The van der Waals surface area contributed by atoms with Gasteiger partial charge in [-0.1, -0.05) is 0 Å². The second-order valence-electron chi connectivity index (χ2n) is 3.62. The molecule has 4 nitrogen and oxygen atoms in total. The zero-order chi connectivity index (χ0) is 11.1. The van der Waals surface area contributed by atoms with E-state index in [-0.39, 0.29) is 6.61 Å². The van der Waals surface area contributed by atoms with Crippen LogP contribution in [0.25, 0.3) is 0 Å². The summed E-state index contributed by atoms with van der Waals surface area (Å²) < 4.78 is 0. The molecule has 0 saturated heterocycles. The van der Waals surface area contributed by atoms with Crippen molar-refractivity contribution in [2.24, 2.45) is 0 Å². The number of pyridine rings is 1. The van der Waals surface area contributed by atoms with E-state index in [1.165, 1.54) is 0 Å². The van der Waals surface area contributed by atoms with Gasteiger partial charge in [0.15, 0.2) is 0 Å². The smallest absolute Gasteiger partial charge is 0.0549 e. The first kappa shape index (κ1) is 11.8. The van der Waals surface area contributed by atoms with Crippen molar-refractivity contribution in [3.8, 4) is 0 Å². The molecule has 84 valence electrons. The first-order valence-electron chi connectivity index (χ1n) is 5.26. The first-order valence-corrected chi connectivity index (χ1v) is 5.26. The predicted molar refractivity (Wildman–Crippen MR) is 63.2 cm³/mol. The molecule has 0 aliphatic rings. The molecule has 0 amide bonds. The molecule has 1 unspecified atom stereocenters. The largest absolute Gasteiger partial charge is 0.396 e. The lowest BCUT2D eigenvalue weighted by Crippen LogP contribution is -2.15. The lowest BCUT2D eigenvalue weighted by atomic mass is 10.2. The summed E-state index contributed by atoms with van der Waals surface area (Å²) in [6.45, 7) is 2.35. The van der Waals surface area contributed by atoms with Crippen molar-refractivity contribution in [2.75, 3.05) is 24.3 Å². The third-order valence-electron chi connectivity index (χ3n) is 2.24. The number of aliphatic hydroxyl groups excluding tert-OH is 1. The monoisotopic (exact) mass is 209 g/mol. The number of aromatic nitrogens is 1. The van der Waals surface area contributed by atoms with Crippen LogP contribution < -0.4 is 10.6 Å². The van der Waals surface area contributed by atoms with Crippen LogP contribution in [0.4, 0.5) is 11.4 Å². The van der Waals surface area contributed by atoms with Crippen molar-refractivity contribution in [2.45, 2.75) is 25.8 Å². The van der Waals surface area contributed by atoms with Crippen LogP contribution >= 0.6 is 0 Å². The van der Waals surface area contributed by atoms with E-state index in [4.69, 9.17) is 5.11 Å². The third kappa shape index (κ3) is 4.16. The zero-order valence-corrected chi connectivity index (χ0v) is 9.33. The Morgan fingerprint density at radius 3 is 2.80 bits per heavy atom. The molecule has 1 atom stereocenters. The van der Waals surface area contributed by atoms with Crippen LogP contribution in [0.5, 0.6) is 0 Å². The number of nitrogens with zero attached hydrogens (tertiary/aromatic N) is 1. The summed E-state index contributed by atoms with van der Waals surface area (Å²) in [6.07, 6.45) is 5.37. The Labute approximate surface area is 90.7 Å². The second kappa shape index (κ2) is 6.24. The molecule has 1 heterocycles. The third-order valence-corrected chi connectivity index (χ3v) is 2.24. The molecule has 0 spiro atoms. The summed E-state index contributed by atoms with van der Waals surface area (Å²) in [5.41, 5.74) is 2.00. The van der Waals surface area contributed by atoms with Gasteiger partial charge in [-0.2, -0.15) is 0 Å². The van der Waals surface area contributed by atoms with Crippen LogP contribution in [0.2, 0.25) is 0 Å². The minimum absolute atomic E-state index is 0.251. The Bertz CT molecular complexity index is 291. The topological polar surface area (TPSA) is 57.2 Å². The summed E-state index contributed by atoms with van der Waals surface area (Å²) in [5, 5.41) is 15.1. The number of aliphatic hydroxyl groups is 1. The van der Waals surface area contributed by atoms with Gasteiger partial charge in [0.1, 0.15) is 0 Å². The SMILES string of the molecule is CNc1cncc(NC(C)CCCO)c1. The number of nitrogens with one attached hydrogen (secondary N) is 2. The maximum Gasteiger partial charge on any atom is 0.0549 e. The van der Waals surface area contributed by atoms with Gasteiger partial charge in [-0.15, -0.1) is 0 Å². The van der Waals surface area contributed by atoms with E-state index in [2.05, 4.69) is 22.5 Å². The number of anilines is 2. The van der Waals surface area contributed by atoms with Crippen molar-refractivity contribution in [3.63, 3.8) is 0 Å². The van der Waals surface area contributed by atoms with Gasteiger partial charge < -0.3 is 15.7 Å². The second-order valence-corrected chi connectivity index (χ2v) is 3.62. The summed E-state index contributed by atoms with van der Waals surface area (Å²) >= 11 is 0. The molecular weight excluding hydrogens is 190 g/mol. The van der Waals surface area contributed by atoms with E-state index in [1.54, 1.807) is 12.4 Å². The highest BCUT2D eigenvalue weighted by Gasteiger charge is 2.02. The molecule has 1 aromatic rings. The Hall–Kier alpha value is -1.29. The van der Waals surface area contributed by atoms with Crippen molar-refractivity contribution >= 4 is 11.4 Å². The Morgan fingerprint density at radius 1 is 1.40 bits per heavy atom. The molecule has 0 saturated carbocycles. The van der Waals surface area contributed by atoms with Gasteiger partial charge in [0.05, 0.1) is 23.8 Å². The van der Waals surface area contributed by atoms with Gasteiger partial charge >= 0.3 is 0 Å². The summed E-state index contributed by atoms with van der Waals surface area (Å²) in [4.78, 5) is 4.11. The molecule has 1 rings (SSSR count). The van der Waals surface area contributed by atoms with Crippen LogP contribution in [0.1, 0.15) is 19.8 Å². The molecular formula is C11H19N3O. The summed E-state index contributed by atoms with van der Waals surface area (Å²) in [6, 6.07) is 2.37. The lowest BCUT2D eigenvalue weighted by molar-refractivity contribution is 0.282. The normalized spacial score (nSPS) is 12.2. The maximum absolute atomic E-state index is 8.71. The van der Waals surface area contributed by atoms with Gasteiger partial charge in [-0.05, 0) is 25.8 Å². The molecule has 3 N–H and O–H groups in total. The molecule has 0 fully saturated rings. The molecule has 15 heavy (non-hydrogen) atoms. The van der Waals surface area contributed by atoms with Crippen molar-refractivity contribution < 1.29 is 5.11 Å². The fourth-order valence-electron chi connectivity index (χ4n) is 1.41. The van der Waals surface area contributed by atoms with Crippen LogP contribution in [0.15, 0.2) is 18.5 Å². The fourth-order valence-corrected chi connectivity index (χ4v) is 1.41. The highest BCUT2D eigenvalue weighted by atomic mass is 16.2. The lowest BCUT2D eigenvalue weighted by Gasteiger charge is -2.14. The van der Waals surface area contributed by atoms with E-state index >= 15 is 0 Å². The van der Waals surface area contributed by atoms with Crippen LogP contribution in [-0.2, 0) is 0 Å². The van der Waals surface area contributed by atoms with Crippen LogP contribution in [0.3, 0.4) is 0 Å². The van der Waals surface area contributed by atoms with Crippen molar-refractivity contribution in [1.82, 2.24) is 4.98 Å². The van der Waals surface area contributed by atoms with Crippen molar-refractivity contribution in [3.05, 3.63) is 18.5 Å². The Morgan fingerprint density at radius 2 is 2.13 bits per heavy atom. The summed E-state index contributed by atoms with van der Waals surface area (Å²) in [7, 11) is 1.87. The van der Waals surface area contributed by atoms with E-state index in [1.807, 2.05) is 13.1 Å². The molecule has 0 aliphatic heterocycles. The van der Waals surface area contributed by atoms with E-state index in [0.717, 1.165) is 24.2 Å². The molecule has 0 aliphatic carbocycles. The minimum Gasteiger partial charge on any atom is -0.396 e. The Balaban J connectivity index is 2.48. The van der Waals surface area contributed by atoms with E-state index in [9.17, 15) is 0 Å². The molecule has 1 aromatic heterocycles. The fraction of sp³-hybridized carbons (Fsp3) is 0.545. The number of hydrogen-bond donors (Lipinski definition) is 3. The van der Waals surface area contributed by atoms with Gasteiger partial charge in [-0.25, -0.2) is 0 Å². The highest BCUT2D eigenvalue weighted by Crippen LogP contribution is 2.14. The van der Waals surface area contributed by atoms with Crippen molar-refractivity contribution in [1.29, 1.82) is 0 Å². The average molecular weight is 209 g/mol. The van der Waals surface area contributed by atoms with Gasteiger partial charge in [0, 0.05) is 19.7 Å². The van der Waals surface area contributed by atoms with Gasteiger partial charge in [0.2, 0.25) is 0 Å². The molecule has 4 heteroatoms. The predicted octanol–water partition coefficient (Wildman–Crippen LogP) is 1.70. The maximum atomic E-state index is 8.71. The standard InChI is InChI=1S/C11H19N3O/c1-9(4-3-5-15)14-11-6-10(12-2)7-13-8-11/h6-9,12,14-15H,3-5H2,1-2H3. The zero-order valence-electron chi connectivity index (χ0n) is 9.33. The average Bonchev–Trinajstić information content (AvgIpc) is 2.26. The minimum atomic E-state index is 0.251.